The second-order valence-electron chi connectivity index (χ2n) is 5.84. The van der Waals surface area contributed by atoms with Gasteiger partial charge < -0.3 is 26.3 Å². The van der Waals surface area contributed by atoms with Gasteiger partial charge in [-0.3, -0.25) is 4.79 Å². The van der Waals surface area contributed by atoms with Crippen LogP contribution in [0.1, 0.15) is 18.1 Å². The van der Waals surface area contributed by atoms with Crippen LogP contribution in [-0.4, -0.2) is 23.9 Å². The van der Waals surface area contributed by atoms with Crippen LogP contribution in [0.5, 0.6) is 0 Å². The predicted octanol–water partition coefficient (Wildman–Crippen LogP) is 1.14. The molecule has 0 radical (unpaired) electrons. The highest BCUT2D eigenvalue weighted by Gasteiger charge is 2.30. The maximum Gasteiger partial charge on any atom is 0.340 e. The molecule has 0 saturated heterocycles. The van der Waals surface area contributed by atoms with Gasteiger partial charge in [0.2, 0.25) is 11.9 Å². The summed E-state index contributed by atoms with van der Waals surface area (Å²) >= 11 is 0. The molecule has 142 valence electrons. The number of hydrogen-bond donors (Lipinski definition) is 3. The highest BCUT2D eigenvalue weighted by atomic mass is 16.6. The third kappa shape index (κ3) is 6.35. The number of rotatable bonds is 7. The number of ether oxygens (including phenoxy) is 2. The van der Waals surface area contributed by atoms with Gasteiger partial charge in [-0.05, 0) is 35.4 Å². The SMILES string of the molecule is CC(=O)NC(C(=O)OCc1cccc(N)c1)C(=O)OCc1cccc(N)c1. The third-order valence-electron chi connectivity index (χ3n) is 3.48. The van der Waals surface area contributed by atoms with Gasteiger partial charge in [-0.2, -0.15) is 0 Å². The Bertz CT molecular complexity index is 776. The van der Waals surface area contributed by atoms with E-state index in [0.29, 0.717) is 22.5 Å². The van der Waals surface area contributed by atoms with E-state index >= 15 is 0 Å². The zero-order chi connectivity index (χ0) is 19.8. The van der Waals surface area contributed by atoms with Gasteiger partial charge in [-0.1, -0.05) is 24.3 Å². The molecule has 0 fully saturated rings. The van der Waals surface area contributed by atoms with Crippen LogP contribution in [-0.2, 0) is 37.1 Å². The summed E-state index contributed by atoms with van der Waals surface area (Å²) < 4.78 is 10.2. The van der Waals surface area contributed by atoms with Crippen molar-refractivity contribution in [2.75, 3.05) is 11.5 Å². The smallest absolute Gasteiger partial charge is 0.340 e. The maximum atomic E-state index is 12.3. The molecule has 0 unspecified atom stereocenters. The molecule has 0 atom stereocenters. The molecule has 0 bridgehead atoms. The van der Waals surface area contributed by atoms with Gasteiger partial charge in [-0.25, -0.2) is 9.59 Å². The number of carbonyl (C=O) groups is 3. The fourth-order valence-electron chi connectivity index (χ4n) is 2.26. The Morgan fingerprint density at radius 3 is 1.70 bits per heavy atom. The largest absolute Gasteiger partial charge is 0.459 e. The minimum absolute atomic E-state index is 0.0948. The molecule has 0 aromatic heterocycles. The van der Waals surface area contributed by atoms with Crippen molar-refractivity contribution < 1.29 is 23.9 Å². The van der Waals surface area contributed by atoms with Gasteiger partial charge in [0.15, 0.2) is 0 Å². The Hall–Kier alpha value is -3.55. The molecule has 0 saturated carbocycles. The maximum absolute atomic E-state index is 12.3. The molecule has 27 heavy (non-hydrogen) atoms. The fraction of sp³-hybridized carbons (Fsp3) is 0.211. The van der Waals surface area contributed by atoms with Gasteiger partial charge in [0, 0.05) is 18.3 Å². The second-order valence-corrected chi connectivity index (χ2v) is 5.84. The molecular formula is C19H21N3O5. The third-order valence-corrected chi connectivity index (χ3v) is 3.48. The molecule has 2 rings (SSSR count). The van der Waals surface area contributed by atoms with E-state index in [0.717, 1.165) is 0 Å². The van der Waals surface area contributed by atoms with Crippen LogP contribution in [0.25, 0.3) is 0 Å². The van der Waals surface area contributed by atoms with Crippen molar-refractivity contribution in [3.05, 3.63) is 59.7 Å². The predicted molar refractivity (Wildman–Crippen MR) is 98.9 cm³/mol. The van der Waals surface area contributed by atoms with Crippen LogP contribution >= 0.6 is 0 Å². The van der Waals surface area contributed by atoms with Crippen LogP contribution in [0.3, 0.4) is 0 Å². The molecule has 8 nitrogen and oxygen atoms in total. The highest BCUT2D eigenvalue weighted by molar-refractivity contribution is 6.02. The molecule has 1 amide bonds. The van der Waals surface area contributed by atoms with E-state index in [1.807, 2.05) is 0 Å². The fourth-order valence-corrected chi connectivity index (χ4v) is 2.26. The van der Waals surface area contributed by atoms with Crippen LogP contribution in [0.4, 0.5) is 11.4 Å². The topological polar surface area (TPSA) is 134 Å². The summed E-state index contributed by atoms with van der Waals surface area (Å²) in [7, 11) is 0. The van der Waals surface area contributed by atoms with Crippen molar-refractivity contribution in [1.29, 1.82) is 0 Å². The van der Waals surface area contributed by atoms with Gasteiger partial charge in [-0.15, -0.1) is 0 Å². The molecule has 2 aromatic rings. The van der Waals surface area contributed by atoms with Crippen molar-refractivity contribution in [3.63, 3.8) is 0 Å². The minimum Gasteiger partial charge on any atom is -0.459 e. The van der Waals surface area contributed by atoms with Gasteiger partial charge in [0.1, 0.15) is 13.2 Å². The molecule has 5 N–H and O–H groups in total. The van der Waals surface area contributed by atoms with E-state index in [1.165, 1.54) is 6.92 Å². The standard InChI is InChI=1S/C19H21N3O5/c1-12(23)22-17(18(24)26-10-13-4-2-6-15(20)8-13)19(25)27-11-14-5-3-7-16(21)9-14/h2-9,17H,10-11,20-21H2,1H3,(H,22,23). The average molecular weight is 371 g/mol. The molecule has 0 heterocycles. The van der Waals surface area contributed by atoms with E-state index in [2.05, 4.69) is 5.32 Å². The van der Waals surface area contributed by atoms with Crippen LogP contribution in [0.2, 0.25) is 0 Å². The summed E-state index contributed by atoms with van der Waals surface area (Å²) in [6.45, 7) is 0.994. The van der Waals surface area contributed by atoms with Crippen molar-refractivity contribution in [3.8, 4) is 0 Å². The molecule has 0 spiro atoms. The molecule has 0 aliphatic carbocycles. The second kappa shape index (κ2) is 9.23. The zero-order valence-corrected chi connectivity index (χ0v) is 14.8. The summed E-state index contributed by atoms with van der Waals surface area (Å²) in [6.07, 6.45) is 0. The lowest BCUT2D eigenvalue weighted by atomic mass is 10.2. The lowest BCUT2D eigenvalue weighted by Gasteiger charge is -2.16. The molecule has 0 aliphatic rings. The first-order chi connectivity index (χ1) is 12.8. The van der Waals surface area contributed by atoms with Gasteiger partial charge in [0.05, 0.1) is 0 Å². The van der Waals surface area contributed by atoms with E-state index in [9.17, 15) is 14.4 Å². The normalized spacial score (nSPS) is 10.3. The summed E-state index contributed by atoms with van der Waals surface area (Å²) in [5.74, 6) is -2.42. The molecule has 0 aliphatic heterocycles. The van der Waals surface area contributed by atoms with Crippen LogP contribution in [0.15, 0.2) is 48.5 Å². The Morgan fingerprint density at radius 1 is 0.889 bits per heavy atom. The van der Waals surface area contributed by atoms with E-state index < -0.39 is 23.9 Å². The average Bonchev–Trinajstić information content (AvgIpc) is 2.62. The number of anilines is 2. The van der Waals surface area contributed by atoms with Gasteiger partial charge in [0.25, 0.3) is 0 Å². The van der Waals surface area contributed by atoms with Crippen molar-refractivity contribution >= 4 is 29.2 Å². The lowest BCUT2D eigenvalue weighted by molar-refractivity contribution is -0.161. The number of nitrogens with one attached hydrogen (secondary N) is 1. The number of nitrogens with two attached hydrogens (primary N) is 2. The Labute approximate surface area is 156 Å². The van der Waals surface area contributed by atoms with Crippen molar-refractivity contribution in [2.45, 2.75) is 26.2 Å². The first-order valence-electron chi connectivity index (χ1n) is 8.14. The Morgan fingerprint density at radius 2 is 1.33 bits per heavy atom. The Kier molecular flexibility index (Phi) is 6.76. The molecular weight excluding hydrogens is 350 g/mol. The van der Waals surface area contributed by atoms with Crippen molar-refractivity contribution in [1.82, 2.24) is 5.32 Å². The molecule has 2 aromatic carbocycles. The summed E-state index contributed by atoms with van der Waals surface area (Å²) in [4.78, 5) is 35.9. The number of hydrogen-bond acceptors (Lipinski definition) is 7. The monoisotopic (exact) mass is 371 g/mol. The minimum atomic E-state index is -1.57. The highest BCUT2D eigenvalue weighted by Crippen LogP contribution is 2.10. The lowest BCUT2D eigenvalue weighted by Crippen LogP contribution is -2.47. The van der Waals surface area contributed by atoms with E-state index in [-0.39, 0.29) is 13.2 Å². The van der Waals surface area contributed by atoms with E-state index in [1.54, 1.807) is 48.5 Å². The van der Waals surface area contributed by atoms with Gasteiger partial charge >= 0.3 is 11.9 Å². The summed E-state index contributed by atoms with van der Waals surface area (Å²) in [5, 5.41) is 2.24. The number of amides is 1. The summed E-state index contributed by atoms with van der Waals surface area (Å²) in [6, 6.07) is 12.0. The van der Waals surface area contributed by atoms with Crippen molar-refractivity contribution in [2.24, 2.45) is 0 Å². The molecule has 8 heteroatoms. The first kappa shape index (κ1) is 19.8. The zero-order valence-electron chi connectivity index (χ0n) is 14.8. The Balaban J connectivity index is 1.98. The number of nitrogen functional groups attached to an aromatic ring is 2. The summed E-state index contributed by atoms with van der Waals surface area (Å²) in [5.41, 5.74) is 13.7. The quantitative estimate of drug-likeness (QED) is 0.377. The van der Waals surface area contributed by atoms with E-state index in [4.69, 9.17) is 20.9 Å². The number of esters is 2. The van der Waals surface area contributed by atoms with Crippen LogP contribution < -0.4 is 16.8 Å². The first-order valence-corrected chi connectivity index (χ1v) is 8.14. The number of benzene rings is 2. The van der Waals surface area contributed by atoms with Crippen LogP contribution in [0, 0.1) is 0 Å². The number of carbonyl (C=O) groups excluding carboxylic acids is 3.